The number of rotatable bonds is 2. The minimum Gasteiger partial charge on any atom is -0.496 e. The molecule has 1 nitrogen and oxygen atoms in total. The summed E-state index contributed by atoms with van der Waals surface area (Å²) in [6.07, 6.45) is 1.82. The Morgan fingerprint density at radius 2 is 2.31 bits per heavy atom. The molecule has 0 amide bonds. The SMILES string of the molecule is C=Cc1cc2sccc2cc1OC. The fourth-order valence-corrected chi connectivity index (χ4v) is 2.16. The van der Waals surface area contributed by atoms with E-state index < -0.39 is 0 Å². The largest absolute Gasteiger partial charge is 0.496 e. The van der Waals surface area contributed by atoms with Crippen molar-refractivity contribution in [3.05, 3.63) is 35.7 Å². The van der Waals surface area contributed by atoms with E-state index in [0.29, 0.717) is 0 Å². The predicted octanol–water partition coefficient (Wildman–Crippen LogP) is 3.55. The van der Waals surface area contributed by atoms with Crippen LogP contribution in [0.15, 0.2) is 30.2 Å². The molecular weight excluding hydrogens is 180 g/mol. The minimum absolute atomic E-state index is 0.890. The molecule has 2 aromatic rings. The molecule has 1 heterocycles. The van der Waals surface area contributed by atoms with Crippen LogP contribution in [-0.2, 0) is 0 Å². The highest BCUT2D eigenvalue weighted by Gasteiger charge is 2.02. The van der Waals surface area contributed by atoms with Gasteiger partial charge in [-0.15, -0.1) is 11.3 Å². The number of hydrogen-bond acceptors (Lipinski definition) is 2. The summed E-state index contributed by atoms with van der Waals surface area (Å²) in [6, 6.07) is 6.24. The highest BCUT2D eigenvalue weighted by molar-refractivity contribution is 7.17. The first-order chi connectivity index (χ1) is 6.35. The van der Waals surface area contributed by atoms with Crippen LogP contribution < -0.4 is 4.74 Å². The third kappa shape index (κ3) is 1.33. The average Bonchev–Trinajstić information content (AvgIpc) is 2.62. The molecule has 0 fully saturated rings. The molecule has 0 atom stereocenters. The Labute approximate surface area is 81.3 Å². The fraction of sp³-hybridized carbons (Fsp3) is 0.0909. The molecule has 0 radical (unpaired) electrons. The third-order valence-electron chi connectivity index (χ3n) is 2.02. The van der Waals surface area contributed by atoms with Gasteiger partial charge >= 0.3 is 0 Å². The van der Waals surface area contributed by atoms with Crippen LogP contribution in [0.4, 0.5) is 0 Å². The Morgan fingerprint density at radius 1 is 1.46 bits per heavy atom. The normalized spacial score (nSPS) is 10.2. The lowest BCUT2D eigenvalue weighted by molar-refractivity contribution is 0.414. The lowest BCUT2D eigenvalue weighted by atomic mass is 10.1. The van der Waals surface area contributed by atoms with Crippen LogP contribution in [0.3, 0.4) is 0 Å². The second-order valence-electron chi connectivity index (χ2n) is 2.76. The molecule has 0 unspecified atom stereocenters. The van der Waals surface area contributed by atoms with Crippen molar-refractivity contribution in [2.75, 3.05) is 7.11 Å². The topological polar surface area (TPSA) is 9.23 Å². The molecule has 0 aliphatic carbocycles. The van der Waals surface area contributed by atoms with Crippen molar-refractivity contribution in [2.24, 2.45) is 0 Å². The van der Waals surface area contributed by atoms with Gasteiger partial charge in [0.1, 0.15) is 5.75 Å². The van der Waals surface area contributed by atoms with Crippen molar-refractivity contribution >= 4 is 27.5 Å². The molecule has 13 heavy (non-hydrogen) atoms. The van der Waals surface area contributed by atoms with Crippen molar-refractivity contribution in [2.45, 2.75) is 0 Å². The molecule has 0 bridgehead atoms. The molecular formula is C11H10OS. The van der Waals surface area contributed by atoms with Gasteiger partial charge in [0.05, 0.1) is 7.11 Å². The maximum atomic E-state index is 5.25. The quantitative estimate of drug-likeness (QED) is 0.703. The first-order valence-corrected chi connectivity index (χ1v) is 4.91. The Bertz CT molecular complexity index is 442. The maximum Gasteiger partial charge on any atom is 0.126 e. The van der Waals surface area contributed by atoms with Gasteiger partial charge in [0, 0.05) is 10.3 Å². The number of fused-ring (bicyclic) bond motifs is 1. The fourth-order valence-electron chi connectivity index (χ4n) is 1.34. The number of ether oxygens (including phenoxy) is 1. The number of benzene rings is 1. The van der Waals surface area contributed by atoms with Crippen LogP contribution in [0.25, 0.3) is 16.2 Å². The van der Waals surface area contributed by atoms with E-state index in [0.717, 1.165) is 11.3 Å². The van der Waals surface area contributed by atoms with Crippen molar-refractivity contribution < 1.29 is 4.74 Å². The molecule has 0 saturated heterocycles. The summed E-state index contributed by atoms with van der Waals surface area (Å²) in [7, 11) is 1.68. The summed E-state index contributed by atoms with van der Waals surface area (Å²) >= 11 is 1.73. The first-order valence-electron chi connectivity index (χ1n) is 4.03. The van der Waals surface area contributed by atoms with Gasteiger partial charge in [-0.25, -0.2) is 0 Å². The van der Waals surface area contributed by atoms with E-state index in [1.54, 1.807) is 18.4 Å². The van der Waals surface area contributed by atoms with E-state index in [-0.39, 0.29) is 0 Å². The number of hydrogen-bond donors (Lipinski definition) is 0. The molecule has 1 aromatic carbocycles. The van der Waals surface area contributed by atoms with Crippen LogP contribution in [0.5, 0.6) is 5.75 Å². The van der Waals surface area contributed by atoms with Crippen LogP contribution in [0, 0.1) is 0 Å². The standard InChI is InChI=1S/C11H10OS/c1-3-8-7-11-9(4-5-13-11)6-10(8)12-2/h3-7H,1H2,2H3. The molecule has 0 spiro atoms. The summed E-state index contributed by atoms with van der Waals surface area (Å²) in [4.78, 5) is 0. The molecule has 66 valence electrons. The average molecular weight is 190 g/mol. The molecule has 1 aromatic heterocycles. The summed E-state index contributed by atoms with van der Waals surface area (Å²) in [5.41, 5.74) is 1.05. The smallest absolute Gasteiger partial charge is 0.126 e. The molecule has 0 saturated carbocycles. The summed E-state index contributed by atoms with van der Waals surface area (Å²) in [6.45, 7) is 3.76. The van der Waals surface area contributed by atoms with Crippen molar-refractivity contribution in [1.29, 1.82) is 0 Å². The van der Waals surface area contributed by atoms with E-state index in [1.165, 1.54) is 10.1 Å². The van der Waals surface area contributed by atoms with Gasteiger partial charge in [-0.2, -0.15) is 0 Å². The van der Waals surface area contributed by atoms with Gasteiger partial charge < -0.3 is 4.74 Å². The van der Waals surface area contributed by atoms with Crippen LogP contribution in [0.2, 0.25) is 0 Å². The Hall–Kier alpha value is -1.28. The van der Waals surface area contributed by atoms with E-state index in [9.17, 15) is 0 Å². The minimum atomic E-state index is 0.890. The lowest BCUT2D eigenvalue weighted by Gasteiger charge is -2.04. The lowest BCUT2D eigenvalue weighted by Crippen LogP contribution is -1.85. The van der Waals surface area contributed by atoms with E-state index in [2.05, 4.69) is 24.1 Å². The number of methoxy groups -OCH3 is 1. The van der Waals surface area contributed by atoms with E-state index >= 15 is 0 Å². The zero-order chi connectivity index (χ0) is 9.26. The van der Waals surface area contributed by atoms with Gasteiger partial charge in [-0.3, -0.25) is 0 Å². The Morgan fingerprint density at radius 3 is 3.00 bits per heavy atom. The highest BCUT2D eigenvalue weighted by atomic mass is 32.1. The van der Waals surface area contributed by atoms with E-state index in [4.69, 9.17) is 4.74 Å². The molecule has 0 aliphatic heterocycles. The van der Waals surface area contributed by atoms with Crippen LogP contribution in [-0.4, -0.2) is 7.11 Å². The third-order valence-corrected chi connectivity index (χ3v) is 2.90. The van der Waals surface area contributed by atoms with Crippen molar-refractivity contribution in [1.82, 2.24) is 0 Å². The molecule has 0 N–H and O–H groups in total. The highest BCUT2D eigenvalue weighted by Crippen LogP contribution is 2.29. The Balaban J connectivity index is 2.73. The van der Waals surface area contributed by atoms with Crippen LogP contribution in [0.1, 0.15) is 5.56 Å². The monoisotopic (exact) mass is 190 g/mol. The van der Waals surface area contributed by atoms with Gasteiger partial charge in [0.25, 0.3) is 0 Å². The first kappa shape index (κ1) is 8.32. The van der Waals surface area contributed by atoms with Crippen molar-refractivity contribution in [3.63, 3.8) is 0 Å². The Kier molecular flexibility index (Phi) is 2.07. The van der Waals surface area contributed by atoms with Crippen LogP contribution >= 0.6 is 11.3 Å². The maximum absolute atomic E-state index is 5.25. The van der Waals surface area contributed by atoms with Crippen molar-refractivity contribution in [3.8, 4) is 5.75 Å². The zero-order valence-corrected chi connectivity index (χ0v) is 8.23. The summed E-state index contributed by atoms with van der Waals surface area (Å²) in [5.74, 6) is 0.890. The zero-order valence-electron chi connectivity index (χ0n) is 7.41. The van der Waals surface area contributed by atoms with Gasteiger partial charge in [-0.1, -0.05) is 12.7 Å². The second-order valence-corrected chi connectivity index (χ2v) is 3.70. The van der Waals surface area contributed by atoms with Gasteiger partial charge in [-0.05, 0) is 29.0 Å². The molecule has 2 rings (SSSR count). The van der Waals surface area contributed by atoms with E-state index in [1.807, 2.05) is 12.1 Å². The summed E-state index contributed by atoms with van der Waals surface area (Å²) in [5, 5.41) is 3.31. The molecule has 0 aliphatic rings. The van der Waals surface area contributed by atoms with Gasteiger partial charge in [0.2, 0.25) is 0 Å². The summed E-state index contributed by atoms with van der Waals surface area (Å²) < 4.78 is 6.52. The molecule has 2 heteroatoms. The van der Waals surface area contributed by atoms with Gasteiger partial charge in [0.15, 0.2) is 0 Å². The predicted molar refractivity (Wildman–Crippen MR) is 58.5 cm³/mol. The second kappa shape index (κ2) is 3.23. The number of thiophene rings is 1.